The fourth-order valence-electron chi connectivity index (χ4n) is 10.3. The van der Waals surface area contributed by atoms with Gasteiger partial charge in [-0.2, -0.15) is 0 Å². The number of anilines is 3. The average Bonchev–Trinajstić information content (AvgIpc) is 3.67. The van der Waals surface area contributed by atoms with Gasteiger partial charge in [0.2, 0.25) is 0 Å². The molecule has 0 unspecified atom stereocenters. The van der Waals surface area contributed by atoms with Crippen molar-refractivity contribution in [3.8, 4) is 55.6 Å². The maximum Gasteiger partial charge on any atom is 0.0714 e. The van der Waals surface area contributed by atoms with Crippen molar-refractivity contribution in [3.05, 3.63) is 282 Å². The molecule has 0 saturated heterocycles. The molecule has 0 radical (unpaired) electrons. The molecule has 0 saturated carbocycles. The van der Waals surface area contributed by atoms with E-state index in [2.05, 4.69) is 267 Å². The summed E-state index contributed by atoms with van der Waals surface area (Å²) in [5.74, 6) is 0. The zero-order chi connectivity index (χ0) is 43.0. The van der Waals surface area contributed by atoms with Crippen LogP contribution in [0.3, 0.4) is 0 Å². The van der Waals surface area contributed by atoms with Gasteiger partial charge in [-0.15, -0.1) is 0 Å². The first-order valence-corrected chi connectivity index (χ1v) is 22.3. The third kappa shape index (κ3) is 6.57. The molecule has 10 aromatic carbocycles. The summed E-state index contributed by atoms with van der Waals surface area (Å²) >= 11 is 0. The van der Waals surface area contributed by atoms with Gasteiger partial charge in [-0.1, -0.05) is 212 Å². The Labute approximate surface area is 377 Å². The van der Waals surface area contributed by atoms with Crippen LogP contribution in [-0.4, -0.2) is 0 Å². The molecule has 0 bridgehead atoms. The SMILES string of the molecule is Cc1ccccc1-c1c(C)cccc1-c1ccc(N(c2ccc(-c3ccccc3)cc2)c2cccc3c2-c2ccc(-c4ccccc4)cc2C3(c2ccccc2)c2ccccc2)cc1. The average molecular weight is 818 g/mol. The molecule has 0 heterocycles. The van der Waals surface area contributed by atoms with Gasteiger partial charge >= 0.3 is 0 Å². The van der Waals surface area contributed by atoms with Crippen molar-refractivity contribution in [3.63, 3.8) is 0 Å². The summed E-state index contributed by atoms with van der Waals surface area (Å²) in [6.07, 6.45) is 0. The van der Waals surface area contributed by atoms with Crippen LogP contribution in [0.15, 0.2) is 249 Å². The molecule has 0 aliphatic heterocycles. The van der Waals surface area contributed by atoms with Crippen LogP contribution in [0.2, 0.25) is 0 Å². The molecule has 1 heteroatoms. The van der Waals surface area contributed by atoms with Gasteiger partial charge in [0, 0.05) is 16.9 Å². The molecule has 0 aromatic heterocycles. The minimum atomic E-state index is -0.572. The topological polar surface area (TPSA) is 3.24 Å². The summed E-state index contributed by atoms with van der Waals surface area (Å²) in [5.41, 5.74) is 22.6. The number of hydrogen-bond acceptors (Lipinski definition) is 1. The van der Waals surface area contributed by atoms with Gasteiger partial charge in [0.15, 0.2) is 0 Å². The summed E-state index contributed by atoms with van der Waals surface area (Å²) in [6, 6.07) is 91.4. The lowest BCUT2D eigenvalue weighted by molar-refractivity contribution is 0.769. The molecule has 0 fully saturated rings. The quantitative estimate of drug-likeness (QED) is 0.140. The Hall–Kier alpha value is -8.00. The summed E-state index contributed by atoms with van der Waals surface area (Å²) in [5, 5.41) is 0. The van der Waals surface area contributed by atoms with Crippen LogP contribution >= 0.6 is 0 Å². The molecule has 1 aliphatic carbocycles. The summed E-state index contributed by atoms with van der Waals surface area (Å²) < 4.78 is 0. The summed E-state index contributed by atoms with van der Waals surface area (Å²) in [6.45, 7) is 4.43. The van der Waals surface area contributed by atoms with Crippen molar-refractivity contribution < 1.29 is 0 Å². The van der Waals surface area contributed by atoms with Crippen molar-refractivity contribution in [2.75, 3.05) is 4.90 Å². The highest BCUT2D eigenvalue weighted by Gasteiger charge is 2.47. The van der Waals surface area contributed by atoms with Gasteiger partial charge in [0.25, 0.3) is 0 Å². The van der Waals surface area contributed by atoms with Gasteiger partial charge in [0.1, 0.15) is 0 Å². The number of fused-ring (bicyclic) bond motifs is 3. The molecule has 1 nitrogen and oxygen atoms in total. The lowest BCUT2D eigenvalue weighted by Crippen LogP contribution is -2.28. The highest BCUT2D eigenvalue weighted by molar-refractivity contribution is 5.99. The highest BCUT2D eigenvalue weighted by Crippen LogP contribution is 2.60. The van der Waals surface area contributed by atoms with E-state index in [1.807, 2.05) is 0 Å². The molecule has 1 aliphatic rings. The van der Waals surface area contributed by atoms with E-state index in [0.717, 1.165) is 17.1 Å². The minimum absolute atomic E-state index is 0.572. The van der Waals surface area contributed by atoms with E-state index in [9.17, 15) is 0 Å². The second kappa shape index (κ2) is 16.4. The molecule has 0 atom stereocenters. The first-order valence-electron chi connectivity index (χ1n) is 22.3. The fourth-order valence-corrected chi connectivity index (χ4v) is 10.3. The van der Waals surface area contributed by atoms with Gasteiger partial charge in [0.05, 0.1) is 11.1 Å². The Morgan fingerprint density at radius 2 is 0.766 bits per heavy atom. The van der Waals surface area contributed by atoms with Gasteiger partial charge in [-0.05, 0) is 134 Å². The van der Waals surface area contributed by atoms with Crippen molar-refractivity contribution >= 4 is 17.1 Å². The molecule has 10 aromatic rings. The number of nitrogens with zero attached hydrogens (tertiary/aromatic N) is 1. The first-order chi connectivity index (χ1) is 31.6. The summed E-state index contributed by atoms with van der Waals surface area (Å²) in [4.78, 5) is 2.47. The smallest absolute Gasteiger partial charge is 0.0714 e. The van der Waals surface area contributed by atoms with Crippen LogP contribution in [0, 0.1) is 13.8 Å². The molecule has 304 valence electrons. The summed E-state index contributed by atoms with van der Waals surface area (Å²) in [7, 11) is 0. The fraction of sp³-hybridized carbons (Fsp3) is 0.0476. The molecule has 11 rings (SSSR count). The lowest BCUT2D eigenvalue weighted by Gasteiger charge is -2.34. The normalized spacial score (nSPS) is 12.3. The predicted molar refractivity (Wildman–Crippen MR) is 270 cm³/mol. The monoisotopic (exact) mass is 817 g/mol. The zero-order valence-electron chi connectivity index (χ0n) is 36.1. The number of aryl methyl sites for hydroxylation is 2. The Morgan fingerprint density at radius 1 is 0.297 bits per heavy atom. The van der Waals surface area contributed by atoms with Crippen LogP contribution in [0.25, 0.3) is 55.6 Å². The Bertz CT molecular complexity index is 3200. The van der Waals surface area contributed by atoms with E-state index in [0.29, 0.717) is 0 Å². The van der Waals surface area contributed by atoms with Crippen LogP contribution in [0.1, 0.15) is 33.4 Å². The van der Waals surface area contributed by atoms with Crippen LogP contribution in [0.5, 0.6) is 0 Å². The predicted octanol–water partition coefficient (Wildman–Crippen LogP) is 16.8. The van der Waals surface area contributed by atoms with Gasteiger partial charge in [-0.25, -0.2) is 0 Å². The second-order valence-electron chi connectivity index (χ2n) is 16.9. The van der Waals surface area contributed by atoms with Gasteiger partial charge in [-0.3, -0.25) is 0 Å². The van der Waals surface area contributed by atoms with E-state index >= 15 is 0 Å². The molecular weight excluding hydrogens is 771 g/mol. The van der Waals surface area contributed by atoms with E-state index in [1.54, 1.807) is 0 Å². The Morgan fingerprint density at radius 3 is 1.38 bits per heavy atom. The van der Waals surface area contributed by atoms with E-state index in [1.165, 1.54) is 89.0 Å². The molecule has 0 spiro atoms. The van der Waals surface area contributed by atoms with Crippen LogP contribution < -0.4 is 4.90 Å². The molecular formula is C63H47N. The number of hydrogen-bond donors (Lipinski definition) is 0. The zero-order valence-corrected chi connectivity index (χ0v) is 36.1. The molecule has 0 amide bonds. The van der Waals surface area contributed by atoms with Crippen LogP contribution in [-0.2, 0) is 5.41 Å². The van der Waals surface area contributed by atoms with Crippen molar-refractivity contribution in [2.24, 2.45) is 0 Å². The van der Waals surface area contributed by atoms with E-state index in [4.69, 9.17) is 0 Å². The van der Waals surface area contributed by atoms with Crippen molar-refractivity contribution in [2.45, 2.75) is 19.3 Å². The number of benzene rings is 10. The Kier molecular flexibility index (Phi) is 9.94. The maximum atomic E-state index is 2.47. The molecule has 0 N–H and O–H groups in total. The van der Waals surface area contributed by atoms with Crippen LogP contribution in [0.4, 0.5) is 17.1 Å². The molecule has 64 heavy (non-hydrogen) atoms. The standard InChI is InChI=1S/C63H47N/c1-44-19-15-16-29-55(44)61-45(2)20-17-30-56(61)49-35-40-54(41-36-49)64(53-38-33-48(34-39-53)46-21-7-3-8-22-46)60-32-18-31-58-62(60)57-42-37-50(47-23-9-4-10-24-47)43-59(57)63(58,51-25-11-5-12-26-51)52-27-13-6-14-28-52/h3-43H,1-2H3. The largest absolute Gasteiger partial charge is 0.310 e. The van der Waals surface area contributed by atoms with Crippen molar-refractivity contribution in [1.82, 2.24) is 0 Å². The Balaban J connectivity index is 1.15. The third-order valence-corrected chi connectivity index (χ3v) is 13.3. The highest BCUT2D eigenvalue weighted by atomic mass is 15.1. The maximum absolute atomic E-state index is 2.47. The first kappa shape index (κ1) is 38.9. The number of rotatable bonds is 9. The lowest BCUT2D eigenvalue weighted by atomic mass is 9.67. The third-order valence-electron chi connectivity index (χ3n) is 13.3. The van der Waals surface area contributed by atoms with Crippen molar-refractivity contribution in [1.29, 1.82) is 0 Å². The van der Waals surface area contributed by atoms with E-state index in [-0.39, 0.29) is 0 Å². The van der Waals surface area contributed by atoms with Gasteiger partial charge < -0.3 is 4.90 Å². The van der Waals surface area contributed by atoms with E-state index < -0.39 is 5.41 Å². The minimum Gasteiger partial charge on any atom is -0.310 e. The second-order valence-corrected chi connectivity index (χ2v) is 16.9.